The second-order valence-electron chi connectivity index (χ2n) is 6.76. The Morgan fingerprint density at radius 2 is 1.78 bits per heavy atom. The van der Waals surface area contributed by atoms with Gasteiger partial charge in [0.2, 0.25) is 11.8 Å². The van der Waals surface area contributed by atoms with E-state index in [0.29, 0.717) is 18.2 Å². The van der Waals surface area contributed by atoms with E-state index in [1.165, 1.54) is 6.92 Å². The molecule has 6 heteroatoms. The van der Waals surface area contributed by atoms with E-state index in [0.717, 1.165) is 17.1 Å². The first-order valence-corrected chi connectivity index (χ1v) is 8.96. The number of amides is 2. The number of hydrogen-bond acceptors (Lipinski definition) is 4. The van der Waals surface area contributed by atoms with Gasteiger partial charge in [-0.3, -0.25) is 9.59 Å². The zero-order chi connectivity index (χ0) is 19.8. The molecule has 144 valence electrons. The Bertz CT molecular complexity index is 772. The van der Waals surface area contributed by atoms with Crippen LogP contribution in [0.15, 0.2) is 48.5 Å². The summed E-state index contributed by atoms with van der Waals surface area (Å²) >= 11 is 0. The minimum absolute atomic E-state index is 0.0458. The second kappa shape index (κ2) is 9.62. The molecule has 0 aromatic heterocycles. The van der Waals surface area contributed by atoms with E-state index in [-0.39, 0.29) is 18.4 Å². The van der Waals surface area contributed by atoms with Gasteiger partial charge < -0.3 is 20.3 Å². The summed E-state index contributed by atoms with van der Waals surface area (Å²) in [6.45, 7) is 6.49. The lowest BCUT2D eigenvalue weighted by atomic mass is 10.2. The fourth-order valence-corrected chi connectivity index (χ4v) is 2.30. The lowest BCUT2D eigenvalue weighted by Gasteiger charge is -2.15. The van der Waals surface area contributed by atoms with E-state index < -0.39 is 0 Å². The van der Waals surface area contributed by atoms with Crippen LogP contribution in [0, 0.1) is 5.92 Å². The number of nitrogens with zero attached hydrogens (tertiary/aromatic N) is 1. The van der Waals surface area contributed by atoms with Gasteiger partial charge in [-0.25, -0.2) is 0 Å². The molecule has 0 saturated carbocycles. The van der Waals surface area contributed by atoms with Crippen molar-refractivity contribution in [3.63, 3.8) is 0 Å². The van der Waals surface area contributed by atoms with Gasteiger partial charge in [0, 0.05) is 37.1 Å². The average Bonchev–Trinajstić information content (AvgIpc) is 2.65. The molecule has 6 nitrogen and oxygen atoms in total. The van der Waals surface area contributed by atoms with Crippen LogP contribution in [0.3, 0.4) is 0 Å². The summed E-state index contributed by atoms with van der Waals surface area (Å²) in [6.07, 6.45) is 0. The molecule has 0 spiro atoms. The number of ether oxygens (including phenoxy) is 1. The largest absolute Gasteiger partial charge is 0.493 e. The van der Waals surface area contributed by atoms with E-state index in [1.54, 1.807) is 36.2 Å². The lowest BCUT2D eigenvalue weighted by Crippen LogP contribution is -2.23. The molecule has 0 saturated heterocycles. The Labute approximate surface area is 160 Å². The maximum Gasteiger partial charge on any atom is 0.243 e. The Morgan fingerprint density at radius 1 is 1.07 bits per heavy atom. The van der Waals surface area contributed by atoms with Crippen LogP contribution >= 0.6 is 0 Å². The van der Waals surface area contributed by atoms with Gasteiger partial charge in [0.25, 0.3) is 0 Å². The number of anilines is 3. The molecule has 2 aromatic rings. The van der Waals surface area contributed by atoms with Crippen LogP contribution in [-0.2, 0) is 9.59 Å². The maximum atomic E-state index is 12.1. The van der Waals surface area contributed by atoms with E-state index >= 15 is 0 Å². The summed E-state index contributed by atoms with van der Waals surface area (Å²) in [7, 11) is 1.71. The number of carbonyl (C=O) groups excluding carboxylic acids is 2. The molecular weight excluding hydrogens is 342 g/mol. The average molecular weight is 369 g/mol. The van der Waals surface area contributed by atoms with Crippen molar-refractivity contribution in [3.05, 3.63) is 48.5 Å². The van der Waals surface area contributed by atoms with E-state index in [2.05, 4.69) is 24.5 Å². The zero-order valence-electron chi connectivity index (χ0n) is 16.3. The van der Waals surface area contributed by atoms with Crippen molar-refractivity contribution in [2.24, 2.45) is 5.92 Å². The van der Waals surface area contributed by atoms with Gasteiger partial charge >= 0.3 is 0 Å². The van der Waals surface area contributed by atoms with Crippen molar-refractivity contribution >= 4 is 28.9 Å². The van der Waals surface area contributed by atoms with Crippen molar-refractivity contribution in [1.29, 1.82) is 0 Å². The number of rotatable bonds is 8. The Kier molecular flexibility index (Phi) is 7.23. The van der Waals surface area contributed by atoms with Crippen molar-refractivity contribution in [1.82, 2.24) is 0 Å². The highest BCUT2D eigenvalue weighted by Crippen LogP contribution is 2.19. The third-order valence-corrected chi connectivity index (χ3v) is 3.88. The molecule has 0 aliphatic heterocycles. The molecule has 2 rings (SSSR count). The van der Waals surface area contributed by atoms with Gasteiger partial charge in [0.15, 0.2) is 0 Å². The van der Waals surface area contributed by atoms with Crippen molar-refractivity contribution < 1.29 is 14.3 Å². The number of nitrogens with one attached hydrogen (secondary N) is 2. The first-order valence-electron chi connectivity index (χ1n) is 8.96. The molecule has 2 amide bonds. The SMILES string of the molecule is CC(=O)N(C)c1ccc(NC(=O)CNc2cccc(OCC(C)C)c2)cc1. The van der Waals surface area contributed by atoms with Crippen LogP contribution in [0.25, 0.3) is 0 Å². The van der Waals surface area contributed by atoms with Crippen LogP contribution in [0.2, 0.25) is 0 Å². The lowest BCUT2D eigenvalue weighted by molar-refractivity contribution is -0.116. The van der Waals surface area contributed by atoms with Crippen LogP contribution in [-0.4, -0.2) is 32.0 Å². The van der Waals surface area contributed by atoms with Gasteiger partial charge in [0.05, 0.1) is 13.2 Å². The summed E-state index contributed by atoms with van der Waals surface area (Å²) in [6, 6.07) is 14.7. The number of benzene rings is 2. The molecule has 2 N–H and O–H groups in total. The fraction of sp³-hybridized carbons (Fsp3) is 0.333. The van der Waals surface area contributed by atoms with Crippen molar-refractivity contribution in [3.8, 4) is 5.75 Å². The first-order chi connectivity index (χ1) is 12.8. The predicted octanol–water partition coefficient (Wildman–Crippen LogP) is 3.75. The van der Waals surface area contributed by atoms with Gasteiger partial charge in [0.1, 0.15) is 5.75 Å². The van der Waals surface area contributed by atoms with Crippen LogP contribution < -0.4 is 20.3 Å². The molecule has 0 fully saturated rings. The third kappa shape index (κ3) is 6.66. The van der Waals surface area contributed by atoms with Gasteiger partial charge in [-0.2, -0.15) is 0 Å². The Hall–Kier alpha value is -3.02. The van der Waals surface area contributed by atoms with E-state index in [4.69, 9.17) is 4.74 Å². The summed E-state index contributed by atoms with van der Waals surface area (Å²) in [5, 5.41) is 5.92. The summed E-state index contributed by atoms with van der Waals surface area (Å²) in [5.74, 6) is 1.03. The molecule has 27 heavy (non-hydrogen) atoms. The predicted molar refractivity (Wildman–Crippen MR) is 109 cm³/mol. The molecular formula is C21H27N3O3. The molecule has 0 heterocycles. The quantitative estimate of drug-likeness (QED) is 0.743. The Balaban J connectivity index is 1.85. The second-order valence-corrected chi connectivity index (χ2v) is 6.76. The standard InChI is InChI=1S/C21H27N3O3/c1-15(2)14-27-20-7-5-6-18(12-20)22-13-21(26)23-17-8-10-19(11-9-17)24(4)16(3)25/h5-12,15,22H,13-14H2,1-4H3,(H,23,26). The monoisotopic (exact) mass is 369 g/mol. The summed E-state index contributed by atoms with van der Waals surface area (Å²) in [5.41, 5.74) is 2.28. The number of hydrogen-bond donors (Lipinski definition) is 2. The normalized spacial score (nSPS) is 10.4. The van der Waals surface area contributed by atoms with Gasteiger partial charge in [-0.1, -0.05) is 19.9 Å². The van der Waals surface area contributed by atoms with Crippen molar-refractivity contribution in [2.75, 3.05) is 35.7 Å². The maximum absolute atomic E-state index is 12.1. The van der Waals surface area contributed by atoms with Crippen molar-refractivity contribution in [2.45, 2.75) is 20.8 Å². The highest BCUT2D eigenvalue weighted by Gasteiger charge is 2.07. The summed E-state index contributed by atoms with van der Waals surface area (Å²) in [4.78, 5) is 25.1. The fourth-order valence-electron chi connectivity index (χ4n) is 2.30. The highest BCUT2D eigenvalue weighted by molar-refractivity contribution is 5.94. The van der Waals surface area contributed by atoms with Gasteiger partial charge in [-0.05, 0) is 42.3 Å². The summed E-state index contributed by atoms with van der Waals surface area (Å²) < 4.78 is 5.69. The van der Waals surface area contributed by atoms with Crippen LogP contribution in [0.4, 0.5) is 17.1 Å². The van der Waals surface area contributed by atoms with E-state index in [9.17, 15) is 9.59 Å². The molecule has 0 aliphatic rings. The molecule has 0 radical (unpaired) electrons. The highest BCUT2D eigenvalue weighted by atomic mass is 16.5. The molecule has 0 bridgehead atoms. The zero-order valence-corrected chi connectivity index (χ0v) is 16.3. The molecule has 0 unspecified atom stereocenters. The number of carbonyl (C=O) groups is 2. The first kappa shape index (κ1) is 20.3. The van der Waals surface area contributed by atoms with E-state index in [1.807, 2.05) is 24.3 Å². The minimum Gasteiger partial charge on any atom is -0.493 e. The van der Waals surface area contributed by atoms with Crippen LogP contribution in [0.5, 0.6) is 5.75 Å². The topological polar surface area (TPSA) is 70.7 Å². The van der Waals surface area contributed by atoms with Gasteiger partial charge in [-0.15, -0.1) is 0 Å². The third-order valence-electron chi connectivity index (χ3n) is 3.88. The smallest absolute Gasteiger partial charge is 0.243 e. The molecule has 0 aliphatic carbocycles. The molecule has 0 atom stereocenters. The Morgan fingerprint density at radius 3 is 2.41 bits per heavy atom. The minimum atomic E-state index is -0.156. The molecule has 2 aromatic carbocycles. The van der Waals surface area contributed by atoms with Crippen LogP contribution in [0.1, 0.15) is 20.8 Å².